The SMILES string of the molecule is CNCc1cc(S(=O)(=O)Nc2cc(C)c(Br)c(C)c2)cs1. The normalized spacial score (nSPS) is 11.6. The van der Waals surface area contributed by atoms with Gasteiger partial charge in [0, 0.05) is 27.0 Å². The summed E-state index contributed by atoms with van der Waals surface area (Å²) in [5.41, 5.74) is 2.57. The van der Waals surface area contributed by atoms with E-state index in [1.807, 2.05) is 33.0 Å². The first-order valence-corrected chi connectivity index (χ1v) is 9.50. The number of nitrogens with one attached hydrogen (secondary N) is 2. The largest absolute Gasteiger partial charge is 0.315 e. The lowest BCUT2D eigenvalue weighted by Crippen LogP contribution is -2.12. The van der Waals surface area contributed by atoms with E-state index in [1.54, 1.807) is 11.4 Å². The molecular weight excluding hydrogens is 372 g/mol. The molecule has 2 aromatic rings. The summed E-state index contributed by atoms with van der Waals surface area (Å²) in [6.45, 7) is 4.53. The highest BCUT2D eigenvalue weighted by Gasteiger charge is 2.17. The Hall–Kier alpha value is -0.890. The van der Waals surface area contributed by atoms with Gasteiger partial charge in [0.15, 0.2) is 0 Å². The maximum atomic E-state index is 12.4. The lowest BCUT2D eigenvalue weighted by atomic mass is 10.1. The molecule has 1 aromatic carbocycles. The van der Waals surface area contributed by atoms with Crippen molar-refractivity contribution in [3.63, 3.8) is 0 Å². The number of aryl methyl sites for hydroxylation is 2. The molecule has 114 valence electrons. The predicted molar refractivity (Wildman–Crippen MR) is 91.5 cm³/mol. The number of hydrogen-bond donors (Lipinski definition) is 2. The Morgan fingerprint density at radius 1 is 1.19 bits per heavy atom. The second kappa shape index (κ2) is 6.48. The number of benzene rings is 1. The van der Waals surface area contributed by atoms with Crippen molar-refractivity contribution in [2.75, 3.05) is 11.8 Å². The van der Waals surface area contributed by atoms with Crippen LogP contribution >= 0.6 is 27.3 Å². The van der Waals surface area contributed by atoms with Crippen molar-refractivity contribution in [1.82, 2.24) is 5.32 Å². The fourth-order valence-electron chi connectivity index (χ4n) is 1.99. The molecule has 2 N–H and O–H groups in total. The first kappa shape index (κ1) is 16.5. The van der Waals surface area contributed by atoms with Gasteiger partial charge in [0.05, 0.1) is 4.90 Å². The summed E-state index contributed by atoms with van der Waals surface area (Å²) in [6.07, 6.45) is 0. The van der Waals surface area contributed by atoms with Crippen LogP contribution in [0.4, 0.5) is 5.69 Å². The highest BCUT2D eigenvalue weighted by atomic mass is 79.9. The molecule has 0 aliphatic carbocycles. The summed E-state index contributed by atoms with van der Waals surface area (Å²) in [7, 11) is -1.71. The summed E-state index contributed by atoms with van der Waals surface area (Å²) >= 11 is 4.91. The quantitative estimate of drug-likeness (QED) is 0.821. The van der Waals surface area contributed by atoms with E-state index in [1.165, 1.54) is 11.3 Å². The van der Waals surface area contributed by atoms with Gasteiger partial charge in [-0.25, -0.2) is 8.42 Å². The minimum Gasteiger partial charge on any atom is -0.315 e. The van der Waals surface area contributed by atoms with Gasteiger partial charge in [0.2, 0.25) is 0 Å². The van der Waals surface area contributed by atoms with Gasteiger partial charge >= 0.3 is 0 Å². The monoisotopic (exact) mass is 388 g/mol. The lowest BCUT2D eigenvalue weighted by Gasteiger charge is -2.10. The second-order valence-corrected chi connectivity index (χ2v) is 8.28. The van der Waals surface area contributed by atoms with E-state index in [0.29, 0.717) is 17.1 Å². The van der Waals surface area contributed by atoms with Crippen molar-refractivity contribution in [1.29, 1.82) is 0 Å². The van der Waals surface area contributed by atoms with Gasteiger partial charge < -0.3 is 5.32 Å². The number of hydrogen-bond acceptors (Lipinski definition) is 4. The molecule has 7 heteroatoms. The Kier molecular flexibility index (Phi) is 5.08. The summed E-state index contributed by atoms with van der Waals surface area (Å²) in [6, 6.07) is 5.33. The van der Waals surface area contributed by atoms with Crippen LogP contribution in [0.2, 0.25) is 0 Å². The molecule has 21 heavy (non-hydrogen) atoms. The zero-order valence-corrected chi connectivity index (χ0v) is 15.2. The predicted octanol–water partition coefficient (Wildman–Crippen LogP) is 3.65. The van der Waals surface area contributed by atoms with Crippen molar-refractivity contribution in [3.8, 4) is 0 Å². The highest BCUT2D eigenvalue weighted by molar-refractivity contribution is 9.10. The summed E-state index contributed by atoms with van der Waals surface area (Å²) in [5, 5.41) is 4.67. The maximum Gasteiger partial charge on any atom is 0.262 e. The van der Waals surface area contributed by atoms with Gasteiger partial charge in [0.25, 0.3) is 10.0 Å². The van der Waals surface area contributed by atoms with Gasteiger partial charge in [-0.2, -0.15) is 0 Å². The minimum absolute atomic E-state index is 0.302. The molecule has 0 aliphatic rings. The maximum absolute atomic E-state index is 12.4. The molecule has 1 heterocycles. The van der Waals surface area contributed by atoms with Crippen molar-refractivity contribution in [2.24, 2.45) is 0 Å². The van der Waals surface area contributed by atoms with Crippen LogP contribution in [0.15, 0.2) is 32.9 Å². The van der Waals surface area contributed by atoms with E-state index in [9.17, 15) is 8.42 Å². The van der Waals surface area contributed by atoms with Crippen LogP contribution < -0.4 is 10.0 Å². The Balaban J connectivity index is 2.28. The van der Waals surface area contributed by atoms with E-state index >= 15 is 0 Å². The average molecular weight is 389 g/mol. The summed E-state index contributed by atoms with van der Waals surface area (Å²) in [4.78, 5) is 1.29. The van der Waals surface area contributed by atoms with Crippen LogP contribution in [-0.2, 0) is 16.6 Å². The number of rotatable bonds is 5. The minimum atomic E-state index is -3.54. The fraction of sp³-hybridized carbons (Fsp3) is 0.286. The molecule has 0 saturated carbocycles. The molecule has 0 aliphatic heterocycles. The van der Waals surface area contributed by atoms with Crippen molar-refractivity contribution < 1.29 is 8.42 Å². The lowest BCUT2D eigenvalue weighted by molar-refractivity contribution is 0.601. The number of halogens is 1. The Labute approximate surface area is 137 Å². The van der Waals surface area contributed by atoms with Crippen molar-refractivity contribution in [3.05, 3.63) is 44.1 Å². The standard InChI is InChI=1S/C14H17BrN2O2S2/c1-9-4-11(5-10(2)14(9)15)17-21(18,19)13-6-12(7-16-3)20-8-13/h4-6,8,16-17H,7H2,1-3H3. The Morgan fingerprint density at radius 3 is 2.38 bits per heavy atom. The third-order valence-corrected chi connectivity index (χ3v) is 6.68. The van der Waals surface area contributed by atoms with Crippen molar-refractivity contribution >= 4 is 43.0 Å². The van der Waals surface area contributed by atoms with Gasteiger partial charge in [-0.3, -0.25) is 4.72 Å². The Bertz CT molecular complexity index is 731. The second-order valence-electron chi connectivity index (χ2n) is 4.81. The van der Waals surface area contributed by atoms with Gasteiger partial charge in [-0.1, -0.05) is 15.9 Å². The molecule has 4 nitrogen and oxygen atoms in total. The van der Waals surface area contributed by atoms with Crippen LogP contribution in [0.25, 0.3) is 0 Å². The molecule has 0 atom stereocenters. The summed E-state index contributed by atoms with van der Waals surface area (Å²) < 4.78 is 28.4. The van der Waals surface area contributed by atoms with Crippen LogP contribution in [0.3, 0.4) is 0 Å². The molecule has 1 aromatic heterocycles. The third-order valence-electron chi connectivity index (χ3n) is 2.98. The molecule has 0 bridgehead atoms. The topological polar surface area (TPSA) is 58.2 Å². The molecule has 0 unspecified atom stereocenters. The molecular formula is C14H17BrN2O2S2. The van der Waals surface area contributed by atoms with Gasteiger partial charge in [-0.05, 0) is 50.2 Å². The Morgan fingerprint density at radius 2 is 1.81 bits per heavy atom. The molecule has 0 fully saturated rings. The van der Waals surface area contributed by atoms with Crippen LogP contribution in [0, 0.1) is 13.8 Å². The zero-order valence-electron chi connectivity index (χ0n) is 12.0. The van der Waals surface area contributed by atoms with E-state index in [4.69, 9.17) is 0 Å². The number of anilines is 1. The van der Waals surface area contributed by atoms with Crippen LogP contribution in [0.5, 0.6) is 0 Å². The van der Waals surface area contributed by atoms with E-state index < -0.39 is 10.0 Å². The third kappa shape index (κ3) is 3.85. The van der Waals surface area contributed by atoms with Crippen molar-refractivity contribution in [2.45, 2.75) is 25.3 Å². The molecule has 0 radical (unpaired) electrons. The zero-order chi connectivity index (χ0) is 15.6. The highest BCUT2D eigenvalue weighted by Crippen LogP contribution is 2.27. The smallest absolute Gasteiger partial charge is 0.262 e. The van der Waals surface area contributed by atoms with Crippen LogP contribution in [-0.4, -0.2) is 15.5 Å². The van der Waals surface area contributed by atoms with E-state index in [2.05, 4.69) is 26.0 Å². The van der Waals surface area contributed by atoms with Gasteiger partial charge in [0.1, 0.15) is 0 Å². The average Bonchev–Trinajstić information content (AvgIpc) is 2.85. The first-order valence-electron chi connectivity index (χ1n) is 6.35. The molecule has 2 rings (SSSR count). The van der Waals surface area contributed by atoms with Gasteiger partial charge in [-0.15, -0.1) is 11.3 Å². The van der Waals surface area contributed by atoms with Crippen LogP contribution in [0.1, 0.15) is 16.0 Å². The molecule has 0 amide bonds. The molecule has 0 spiro atoms. The number of thiophene rings is 1. The summed E-state index contributed by atoms with van der Waals surface area (Å²) in [5.74, 6) is 0. The first-order chi connectivity index (χ1) is 9.83. The fourth-order valence-corrected chi connectivity index (χ4v) is 4.54. The van der Waals surface area contributed by atoms with E-state index in [0.717, 1.165) is 20.5 Å². The van der Waals surface area contributed by atoms with E-state index in [-0.39, 0.29) is 0 Å². The number of sulfonamides is 1. The molecule has 0 saturated heterocycles.